The number of hydrogen-bond donors (Lipinski definition) is 1. The molecule has 1 N–H and O–H groups in total. The Balaban J connectivity index is 1.83. The van der Waals surface area contributed by atoms with Crippen molar-refractivity contribution in [3.63, 3.8) is 0 Å². The van der Waals surface area contributed by atoms with Crippen LogP contribution in [0.25, 0.3) is 0 Å². The highest BCUT2D eigenvalue weighted by atomic mass is 35.5. The van der Waals surface area contributed by atoms with E-state index in [0.29, 0.717) is 10.0 Å². The van der Waals surface area contributed by atoms with Crippen LogP contribution in [0.3, 0.4) is 0 Å². The third-order valence-electron chi connectivity index (χ3n) is 4.38. The SMILES string of the molecule is O=C(N[C@@H]1CCC[C@@H]1c1ccc(Cl)cc1Cl)c1c(F)cccc1F. The summed E-state index contributed by atoms with van der Waals surface area (Å²) in [6, 6.07) is 8.38. The minimum Gasteiger partial charge on any atom is -0.349 e. The van der Waals surface area contributed by atoms with E-state index in [-0.39, 0.29) is 12.0 Å². The fraction of sp³-hybridized carbons (Fsp3) is 0.278. The number of carbonyl (C=O) groups is 1. The molecule has 0 spiro atoms. The molecule has 1 fully saturated rings. The highest BCUT2D eigenvalue weighted by Gasteiger charge is 2.32. The van der Waals surface area contributed by atoms with E-state index in [1.54, 1.807) is 12.1 Å². The molecule has 24 heavy (non-hydrogen) atoms. The molecule has 126 valence electrons. The topological polar surface area (TPSA) is 29.1 Å². The molecule has 0 aromatic heterocycles. The molecule has 0 unspecified atom stereocenters. The average molecular weight is 370 g/mol. The Hall–Kier alpha value is -1.65. The Labute approximate surface area is 148 Å². The van der Waals surface area contributed by atoms with Gasteiger partial charge < -0.3 is 5.32 Å². The van der Waals surface area contributed by atoms with Gasteiger partial charge in [0.1, 0.15) is 17.2 Å². The van der Waals surface area contributed by atoms with Crippen LogP contribution in [0.1, 0.15) is 41.1 Å². The molecule has 6 heteroatoms. The van der Waals surface area contributed by atoms with E-state index in [4.69, 9.17) is 23.2 Å². The van der Waals surface area contributed by atoms with Crippen molar-refractivity contribution in [1.29, 1.82) is 0 Å². The molecule has 1 amide bonds. The minimum atomic E-state index is -0.869. The van der Waals surface area contributed by atoms with E-state index >= 15 is 0 Å². The molecule has 0 aliphatic heterocycles. The Morgan fingerprint density at radius 1 is 1.08 bits per heavy atom. The van der Waals surface area contributed by atoms with Crippen molar-refractivity contribution in [3.05, 3.63) is 69.2 Å². The quantitative estimate of drug-likeness (QED) is 0.777. The van der Waals surface area contributed by atoms with Gasteiger partial charge in [0.05, 0.1) is 0 Å². The van der Waals surface area contributed by atoms with Gasteiger partial charge in [-0.05, 0) is 42.7 Å². The van der Waals surface area contributed by atoms with Crippen LogP contribution >= 0.6 is 23.2 Å². The molecule has 1 saturated carbocycles. The second-order valence-electron chi connectivity index (χ2n) is 5.88. The van der Waals surface area contributed by atoms with E-state index in [2.05, 4.69) is 5.32 Å². The molecule has 2 atom stereocenters. The number of hydrogen-bond acceptors (Lipinski definition) is 1. The predicted molar refractivity (Wildman–Crippen MR) is 90.7 cm³/mol. The highest BCUT2D eigenvalue weighted by Crippen LogP contribution is 2.39. The highest BCUT2D eigenvalue weighted by molar-refractivity contribution is 6.35. The first-order valence-corrected chi connectivity index (χ1v) is 8.43. The second kappa shape index (κ2) is 7.08. The van der Waals surface area contributed by atoms with Gasteiger partial charge in [0, 0.05) is 22.0 Å². The van der Waals surface area contributed by atoms with E-state index in [0.717, 1.165) is 37.0 Å². The van der Waals surface area contributed by atoms with Crippen molar-refractivity contribution in [1.82, 2.24) is 5.32 Å². The summed E-state index contributed by atoms with van der Waals surface area (Å²) in [6.45, 7) is 0. The van der Waals surface area contributed by atoms with Gasteiger partial charge in [-0.2, -0.15) is 0 Å². The summed E-state index contributed by atoms with van der Waals surface area (Å²) < 4.78 is 27.5. The second-order valence-corrected chi connectivity index (χ2v) is 6.72. The standard InChI is InChI=1S/C18H15Cl2F2NO/c19-10-7-8-11(13(20)9-10)12-3-1-6-16(12)23-18(24)17-14(21)4-2-5-15(17)22/h2,4-5,7-9,12,16H,1,3,6H2,(H,23,24)/t12-,16-/m1/s1. The van der Waals surface area contributed by atoms with Crippen LogP contribution in [0.15, 0.2) is 36.4 Å². The molecular weight excluding hydrogens is 355 g/mol. The van der Waals surface area contributed by atoms with Crippen molar-refractivity contribution in [3.8, 4) is 0 Å². The first-order valence-electron chi connectivity index (χ1n) is 7.67. The summed E-state index contributed by atoms with van der Waals surface area (Å²) in [4.78, 5) is 12.3. The zero-order valence-electron chi connectivity index (χ0n) is 12.7. The van der Waals surface area contributed by atoms with Crippen molar-refractivity contribution in [2.24, 2.45) is 0 Å². The molecule has 3 rings (SSSR count). The van der Waals surface area contributed by atoms with Gasteiger partial charge >= 0.3 is 0 Å². The lowest BCUT2D eigenvalue weighted by Crippen LogP contribution is -2.37. The first-order chi connectivity index (χ1) is 11.5. The Kier molecular flexibility index (Phi) is 5.07. The number of nitrogens with one attached hydrogen (secondary N) is 1. The van der Waals surface area contributed by atoms with E-state index in [1.165, 1.54) is 6.07 Å². The zero-order valence-corrected chi connectivity index (χ0v) is 14.2. The van der Waals surface area contributed by atoms with E-state index < -0.39 is 23.1 Å². The lowest BCUT2D eigenvalue weighted by Gasteiger charge is -2.22. The summed E-state index contributed by atoms with van der Waals surface area (Å²) >= 11 is 12.2. The van der Waals surface area contributed by atoms with Crippen LogP contribution in [0.2, 0.25) is 10.0 Å². The van der Waals surface area contributed by atoms with Gasteiger partial charge in [0.25, 0.3) is 5.91 Å². The molecule has 0 radical (unpaired) electrons. The monoisotopic (exact) mass is 369 g/mol. The molecule has 2 nitrogen and oxygen atoms in total. The number of halogens is 4. The summed E-state index contributed by atoms with van der Waals surface area (Å²) in [6.07, 6.45) is 2.46. The molecule has 2 aromatic rings. The van der Waals surface area contributed by atoms with Crippen molar-refractivity contribution in [2.75, 3.05) is 0 Å². The summed E-state index contributed by atoms with van der Waals surface area (Å²) in [7, 11) is 0. The van der Waals surface area contributed by atoms with Crippen molar-refractivity contribution in [2.45, 2.75) is 31.2 Å². The van der Waals surface area contributed by atoms with Gasteiger partial charge in [-0.1, -0.05) is 41.8 Å². The first kappa shape index (κ1) is 17.2. The molecule has 1 aliphatic carbocycles. The summed E-state index contributed by atoms with van der Waals surface area (Å²) in [5.41, 5.74) is 0.336. The number of benzene rings is 2. The van der Waals surface area contributed by atoms with Crippen LogP contribution in [0.4, 0.5) is 8.78 Å². The lowest BCUT2D eigenvalue weighted by molar-refractivity contribution is 0.0926. The molecule has 2 aromatic carbocycles. The maximum Gasteiger partial charge on any atom is 0.257 e. The fourth-order valence-electron chi connectivity index (χ4n) is 3.26. The van der Waals surface area contributed by atoms with Crippen LogP contribution in [-0.4, -0.2) is 11.9 Å². The third kappa shape index (κ3) is 3.40. The van der Waals surface area contributed by atoms with Gasteiger partial charge in [0.2, 0.25) is 0 Å². The normalized spacial score (nSPS) is 20.2. The van der Waals surface area contributed by atoms with Gasteiger partial charge in [0.15, 0.2) is 0 Å². The summed E-state index contributed by atoms with van der Waals surface area (Å²) in [5, 5.41) is 3.83. The Bertz CT molecular complexity index is 761. The minimum absolute atomic E-state index is 0.00597. The maximum absolute atomic E-state index is 13.8. The van der Waals surface area contributed by atoms with Gasteiger partial charge in [-0.3, -0.25) is 4.79 Å². The van der Waals surface area contributed by atoms with Crippen molar-refractivity contribution < 1.29 is 13.6 Å². The average Bonchev–Trinajstić information content (AvgIpc) is 2.95. The van der Waals surface area contributed by atoms with E-state index in [9.17, 15) is 13.6 Å². The van der Waals surface area contributed by atoms with Crippen LogP contribution in [0, 0.1) is 11.6 Å². The molecule has 0 heterocycles. The largest absolute Gasteiger partial charge is 0.349 e. The number of carbonyl (C=O) groups excluding carboxylic acids is 1. The smallest absolute Gasteiger partial charge is 0.257 e. The number of rotatable bonds is 3. The molecule has 1 aliphatic rings. The lowest BCUT2D eigenvalue weighted by atomic mass is 9.93. The van der Waals surface area contributed by atoms with Crippen LogP contribution in [-0.2, 0) is 0 Å². The predicted octanol–water partition coefficient (Wildman–Crippen LogP) is 5.34. The molecular formula is C18H15Cl2F2NO. The fourth-order valence-corrected chi connectivity index (χ4v) is 3.81. The molecule has 0 saturated heterocycles. The summed E-state index contributed by atoms with van der Waals surface area (Å²) in [5.74, 6) is -2.49. The van der Waals surface area contributed by atoms with Gasteiger partial charge in [-0.25, -0.2) is 8.78 Å². The Morgan fingerprint density at radius 3 is 2.46 bits per heavy atom. The molecule has 0 bridgehead atoms. The van der Waals surface area contributed by atoms with Crippen LogP contribution in [0.5, 0.6) is 0 Å². The maximum atomic E-state index is 13.8. The Morgan fingerprint density at radius 2 is 1.79 bits per heavy atom. The van der Waals surface area contributed by atoms with Crippen LogP contribution < -0.4 is 5.32 Å². The van der Waals surface area contributed by atoms with Crippen molar-refractivity contribution >= 4 is 29.1 Å². The number of amides is 1. The zero-order chi connectivity index (χ0) is 17.3. The van der Waals surface area contributed by atoms with Gasteiger partial charge in [-0.15, -0.1) is 0 Å². The van der Waals surface area contributed by atoms with E-state index in [1.807, 2.05) is 6.07 Å². The third-order valence-corrected chi connectivity index (χ3v) is 4.95.